The molecule has 0 aliphatic carbocycles. The fourth-order valence-electron chi connectivity index (χ4n) is 2.19. The SMILES string of the molecule is COC(=O)COCCCCN1C(=O)CCC[C@@H]1CO.[Pd]. The van der Waals surface area contributed by atoms with Crippen molar-refractivity contribution in [3.05, 3.63) is 0 Å². The van der Waals surface area contributed by atoms with Gasteiger partial charge in [0.1, 0.15) is 6.61 Å². The Morgan fingerprint density at radius 2 is 2.20 bits per heavy atom. The number of rotatable bonds is 8. The number of methoxy groups -OCH3 is 1. The van der Waals surface area contributed by atoms with Crippen molar-refractivity contribution >= 4 is 11.9 Å². The molecule has 1 rings (SSSR count). The van der Waals surface area contributed by atoms with Gasteiger partial charge in [-0.2, -0.15) is 0 Å². The van der Waals surface area contributed by atoms with Crippen LogP contribution in [0.25, 0.3) is 0 Å². The van der Waals surface area contributed by atoms with Crippen LogP contribution in [0, 0.1) is 0 Å². The smallest absolute Gasteiger partial charge is 0.331 e. The van der Waals surface area contributed by atoms with Crippen LogP contribution in [0.1, 0.15) is 32.1 Å². The molecule has 20 heavy (non-hydrogen) atoms. The van der Waals surface area contributed by atoms with E-state index in [0.717, 1.165) is 25.7 Å². The molecule has 0 bridgehead atoms. The molecular weight excluding hydrogens is 357 g/mol. The van der Waals surface area contributed by atoms with Gasteiger partial charge in [0.15, 0.2) is 0 Å². The van der Waals surface area contributed by atoms with Crippen molar-refractivity contribution in [2.24, 2.45) is 0 Å². The summed E-state index contributed by atoms with van der Waals surface area (Å²) in [5, 5.41) is 9.24. The first-order chi connectivity index (χ1) is 9.19. The van der Waals surface area contributed by atoms with E-state index < -0.39 is 0 Å². The Morgan fingerprint density at radius 1 is 1.45 bits per heavy atom. The molecule has 1 amide bonds. The molecule has 7 heteroatoms. The van der Waals surface area contributed by atoms with E-state index in [9.17, 15) is 14.7 Å². The number of carbonyl (C=O) groups excluding carboxylic acids is 2. The van der Waals surface area contributed by atoms with Gasteiger partial charge in [0.05, 0.1) is 19.8 Å². The molecular formula is C13H23NO5Pd. The second kappa shape index (κ2) is 11.2. The van der Waals surface area contributed by atoms with Gasteiger partial charge in [0.2, 0.25) is 5.91 Å². The maximum absolute atomic E-state index is 11.7. The summed E-state index contributed by atoms with van der Waals surface area (Å²) in [7, 11) is 1.32. The van der Waals surface area contributed by atoms with Gasteiger partial charge < -0.3 is 19.5 Å². The van der Waals surface area contributed by atoms with Crippen LogP contribution in [0.4, 0.5) is 0 Å². The number of hydrogen-bond donors (Lipinski definition) is 1. The number of carbonyl (C=O) groups is 2. The van der Waals surface area contributed by atoms with E-state index in [1.54, 1.807) is 4.90 Å². The van der Waals surface area contributed by atoms with Crippen LogP contribution >= 0.6 is 0 Å². The maximum atomic E-state index is 11.7. The van der Waals surface area contributed by atoms with E-state index in [1.807, 2.05) is 0 Å². The fourth-order valence-corrected chi connectivity index (χ4v) is 2.19. The molecule has 1 aliphatic heterocycles. The van der Waals surface area contributed by atoms with Gasteiger partial charge in [-0.05, 0) is 25.7 Å². The Morgan fingerprint density at radius 3 is 2.85 bits per heavy atom. The third kappa shape index (κ3) is 6.80. The van der Waals surface area contributed by atoms with E-state index >= 15 is 0 Å². The standard InChI is InChI=1S/C13H23NO5.Pd/c1-18-13(17)10-19-8-3-2-7-14-11(9-15)5-4-6-12(14)16;/h11,15H,2-10H2,1H3;/t11-;/m1./s1. The third-order valence-electron chi connectivity index (χ3n) is 3.29. The zero-order valence-corrected chi connectivity index (χ0v) is 13.3. The van der Waals surface area contributed by atoms with Gasteiger partial charge in [0, 0.05) is 40.0 Å². The number of aliphatic hydroxyl groups excluding tert-OH is 1. The van der Waals surface area contributed by atoms with Crippen LogP contribution in [0.5, 0.6) is 0 Å². The van der Waals surface area contributed by atoms with Crippen LogP contribution < -0.4 is 0 Å². The van der Waals surface area contributed by atoms with Gasteiger partial charge >= 0.3 is 5.97 Å². The van der Waals surface area contributed by atoms with Gasteiger partial charge in [-0.1, -0.05) is 0 Å². The zero-order valence-electron chi connectivity index (χ0n) is 11.8. The minimum atomic E-state index is -0.383. The molecule has 1 fully saturated rings. The van der Waals surface area contributed by atoms with Gasteiger partial charge in [-0.3, -0.25) is 4.79 Å². The molecule has 0 aromatic carbocycles. The molecule has 0 radical (unpaired) electrons. The van der Waals surface area contributed by atoms with Crippen molar-refractivity contribution < 1.29 is 44.6 Å². The Bertz CT molecular complexity index is 300. The van der Waals surface area contributed by atoms with Crippen LogP contribution in [0.2, 0.25) is 0 Å². The fraction of sp³-hybridized carbons (Fsp3) is 0.846. The molecule has 1 atom stereocenters. The van der Waals surface area contributed by atoms with E-state index in [2.05, 4.69) is 4.74 Å². The summed E-state index contributed by atoms with van der Waals surface area (Å²) in [5.74, 6) is -0.257. The van der Waals surface area contributed by atoms with Crippen molar-refractivity contribution in [2.45, 2.75) is 38.1 Å². The predicted molar refractivity (Wildman–Crippen MR) is 68.5 cm³/mol. The molecule has 120 valence electrons. The van der Waals surface area contributed by atoms with Crippen LogP contribution in [0.15, 0.2) is 0 Å². The van der Waals surface area contributed by atoms with Gasteiger partial charge in [0.25, 0.3) is 0 Å². The number of piperidine rings is 1. The molecule has 0 spiro atoms. The number of ether oxygens (including phenoxy) is 2. The summed E-state index contributed by atoms with van der Waals surface area (Å²) in [6.07, 6.45) is 3.90. The number of aliphatic hydroxyl groups is 1. The quantitative estimate of drug-likeness (QED) is 0.373. The summed E-state index contributed by atoms with van der Waals surface area (Å²) in [6.45, 7) is 1.12. The first-order valence-corrected chi connectivity index (χ1v) is 6.74. The minimum Gasteiger partial charge on any atom is -0.467 e. The molecule has 0 aromatic rings. The second-order valence-corrected chi connectivity index (χ2v) is 4.65. The number of likely N-dealkylation sites (tertiary alicyclic amines) is 1. The average Bonchev–Trinajstić information content (AvgIpc) is 2.43. The van der Waals surface area contributed by atoms with Gasteiger partial charge in [-0.15, -0.1) is 0 Å². The second-order valence-electron chi connectivity index (χ2n) is 4.65. The topological polar surface area (TPSA) is 76.1 Å². The minimum absolute atomic E-state index is 0. The van der Waals surface area contributed by atoms with Crippen LogP contribution in [0.3, 0.4) is 0 Å². The first-order valence-electron chi connectivity index (χ1n) is 6.74. The summed E-state index contributed by atoms with van der Waals surface area (Å²) >= 11 is 0. The molecule has 1 saturated heterocycles. The summed E-state index contributed by atoms with van der Waals surface area (Å²) in [5.41, 5.74) is 0. The molecule has 0 aromatic heterocycles. The largest absolute Gasteiger partial charge is 0.467 e. The molecule has 1 aliphatic rings. The number of amides is 1. The van der Waals surface area contributed by atoms with E-state index in [1.165, 1.54) is 7.11 Å². The van der Waals surface area contributed by atoms with Crippen LogP contribution in [-0.4, -0.2) is 61.4 Å². The number of hydrogen-bond acceptors (Lipinski definition) is 5. The molecule has 1 N–H and O–H groups in total. The van der Waals surface area contributed by atoms with Crippen molar-refractivity contribution in [2.75, 3.05) is 33.5 Å². The van der Waals surface area contributed by atoms with Crippen molar-refractivity contribution in [1.82, 2.24) is 4.90 Å². The molecule has 0 saturated carbocycles. The zero-order chi connectivity index (χ0) is 14.1. The molecule has 1 heterocycles. The van der Waals surface area contributed by atoms with Crippen molar-refractivity contribution in [1.29, 1.82) is 0 Å². The monoisotopic (exact) mass is 379 g/mol. The van der Waals surface area contributed by atoms with Gasteiger partial charge in [-0.25, -0.2) is 4.79 Å². The van der Waals surface area contributed by atoms with E-state index in [-0.39, 0.29) is 51.6 Å². The Hall–Kier alpha value is -0.478. The predicted octanol–water partition coefficient (Wildman–Crippen LogP) is 0.327. The normalized spacial score (nSPS) is 18.6. The maximum Gasteiger partial charge on any atom is 0.331 e. The Labute approximate surface area is 133 Å². The average molecular weight is 380 g/mol. The molecule has 6 nitrogen and oxygen atoms in total. The Kier molecular flexibility index (Phi) is 10.9. The first kappa shape index (κ1) is 19.5. The number of nitrogens with zero attached hydrogens (tertiary/aromatic N) is 1. The summed E-state index contributed by atoms with van der Waals surface area (Å²) in [6, 6.07) is -0.0303. The summed E-state index contributed by atoms with van der Waals surface area (Å²) < 4.78 is 9.58. The third-order valence-corrected chi connectivity index (χ3v) is 3.29. The number of esters is 1. The van der Waals surface area contributed by atoms with Crippen molar-refractivity contribution in [3.63, 3.8) is 0 Å². The summed E-state index contributed by atoms with van der Waals surface area (Å²) in [4.78, 5) is 24.3. The Balaban J connectivity index is 0.00000361. The van der Waals surface area contributed by atoms with Crippen molar-refractivity contribution in [3.8, 4) is 0 Å². The number of unbranched alkanes of at least 4 members (excludes halogenated alkanes) is 1. The van der Waals surface area contributed by atoms with Crippen LogP contribution in [-0.2, 0) is 39.5 Å². The van der Waals surface area contributed by atoms with E-state index in [4.69, 9.17) is 4.74 Å². The molecule has 0 unspecified atom stereocenters. The van der Waals surface area contributed by atoms with E-state index in [0.29, 0.717) is 19.6 Å².